The van der Waals surface area contributed by atoms with E-state index in [1.807, 2.05) is 20.8 Å². The molecule has 3 N–H and O–H groups in total. The first-order chi connectivity index (χ1) is 7.84. The Kier molecular flexibility index (Phi) is 6.80. The number of ether oxygens (including phenoxy) is 1. The van der Waals surface area contributed by atoms with Crippen LogP contribution in [0, 0.1) is 11.8 Å². The van der Waals surface area contributed by atoms with Gasteiger partial charge in [0.1, 0.15) is 6.04 Å². The molecule has 0 aliphatic carbocycles. The quantitative estimate of drug-likeness (QED) is 0.662. The van der Waals surface area contributed by atoms with Gasteiger partial charge in [0.05, 0.1) is 0 Å². The van der Waals surface area contributed by atoms with Gasteiger partial charge in [-0.1, -0.05) is 34.1 Å². The van der Waals surface area contributed by atoms with Gasteiger partial charge in [-0.05, 0) is 12.3 Å². The van der Waals surface area contributed by atoms with Crippen molar-refractivity contribution in [2.75, 3.05) is 0 Å². The van der Waals surface area contributed by atoms with Crippen LogP contribution in [-0.4, -0.2) is 29.2 Å². The van der Waals surface area contributed by atoms with Gasteiger partial charge in [0.25, 0.3) is 0 Å². The van der Waals surface area contributed by atoms with Crippen molar-refractivity contribution in [2.45, 2.75) is 52.7 Å². The third-order valence-corrected chi connectivity index (χ3v) is 3.18. The Balaban J connectivity index is 4.56. The molecule has 0 aromatic heterocycles. The molecule has 5 heteroatoms. The van der Waals surface area contributed by atoms with E-state index in [0.29, 0.717) is 6.42 Å². The van der Waals surface area contributed by atoms with Crippen molar-refractivity contribution in [3.63, 3.8) is 0 Å². The predicted molar refractivity (Wildman–Crippen MR) is 64.4 cm³/mol. The van der Waals surface area contributed by atoms with Crippen molar-refractivity contribution in [3.05, 3.63) is 0 Å². The summed E-state index contributed by atoms with van der Waals surface area (Å²) in [5.41, 5.74) is 5.69. The molecule has 0 saturated heterocycles. The Morgan fingerprint density at radius 2 is 1.65 bits per heavy atom. The zero-order chi connectivity index (χ0) is 13.6. The van der Waals surface area contributed by atoms with E-state index < -0.39 is 24.1 Å². The lowest BCUT2D eigenvalue weighted by atomic mass is 9.99. The molecule has 0 saturated carbocycles. The summed E-state index contributed by atoms with van der Waals surface area (Å²) in [7, 11) is 0. The van der Waals surface area contributed by atoms with E-state index in [0.717, 1.165) is 6.42 Å². The van der Waals surface area contributed by atoms with Gasteiger partial charge in [0, 0.05) is 5.92 Å². The molecule has 0 aliphatic heterocycles. The molecule has 2 unspecified atom stereocenters. The number of carboxylic acids is 1. The number of carbonyl (C=O) groups is 2. The zero-order valence-corrected chi connectivity index (χ0v) is 11.0. The second kappa shape index (κ2) is 7.27. The van der Waals surface area contributed by atoms with Gasteiger partial charge in [-0.25, -0.2) is 4.79 Å². The van der Waals surface area contributed by atoms with Crippen LogP contribution < -0.4 is 5.73 Å². The SMILES string of the molecule is CCC(C)C(OC(=O)[C@@H](N)[C@@H](C)CC)C(=O)O. The minimum absolute atomic E-state index is 0.0196. The molecule has 0 aliphatic rings. The first-order valence-electron chi connectivity index (χ1n) is 6.03. The highest BCUT2D eigenvalue weighted by Crippen LogP contribution is 2.15. The summed E-state index contributed by atoms with van der Waals surface area (Å²) < 4.78 is 4.99. The van der Waals surface area contributed by atoms with Crippen LogP contribution >= 0.6 is 0 Å². The minimum atomic E-state index is -1.12. The number of hydrogen-bond donors (Lipinski definition) is 2. The molecule has 0 fully saturated rings. The van der Waals surface area contributed by atoms with E-state index in [9.17, 15) is 9.59 Å². The van der Waals surface area contributed by atoms with Gasteiger partial charge in [-0.15, -0.1) is 0 Å². The summed E-state index contributed by atoms with van der Waals surface area (Å²) in [6.07, 6.45) is 0.266. The van der Waals surface area contributed by atoms with Crippen LogP contribution in [0.2, 0.25) is 0 Å². The Morgan fingerprint density at radius 1 is 1.18 bits per heavy atom. The number of hydrogen-bond acceptors (Lipinski definition) is 4. The Labute approximate surface area is 102 Å². The summed E-state index contributed by atoms with van der Waals surface area (Å²) >= 11 is 0. The van der Waals surface area contributed by atoms with Crippen molar-refractivity contribution in [3.8, 4) is 0 Å². The van der Waals surface area contributed by atoms with Crippen molar-refractivity contribution in [1.82, 2.24) is 0 Å². The molecule has 0 bridgehead atoms. The molecular formula is C12H23NO4. The summed E-state index contributed by atoms with van der Waals surface area (Å²) in [5.74, 6) is -1.99. The number of carboxylic acid groups (broad SMARTS) is 1. The van der Waals surface area contributed by atoms with E-state index >= 15 is 0 Å². The molecular weight excluding hydrogens is 222 g/mol. The van der Waals surface area contributed by atoms with Crippen molar-refractivity contribution < 1.29 is 19.4 Å². The Bertz CT molecular complexity index is 267. The highest BCUT2D eigenvalue weighted by Gasteiger charge is 2.31. The molecule has 0 spiro atoms. The third kappa shape index (κ3) is 4.73. The third-order valence-electron chi connectivity index (χ3n) is 3.18. The van der Waals surface area contributed by atoms with Gasteiger partial charge in [-0.3, -0.25) is 4.79 Å². The van der Waals surface area contributed by atoms with Crippen LogP contribution in [0.25, 0.3) is 0 Å². The molecule has 17 heavy (non-hydrogen) atoms. The summed E-state index contributed by atoms with van der Waals surface area (Å²) in [5, 5.41) is 8.98. The van der Waals surface area contributed by atoms with Gasteiger partial charge < -0.3 is 15.6 Å². The summed E-state index contributed by atoms with van der Waals surface area (Å²) in [4.78, 5) is 22.6. The topological polar surface area (TPSA) is 89.6 Å². The maximum atomic E-state index is 11.7. The lowest BCUT2D eigenvalue weighted by Gasteiger charge is -2.23. The molecule has 0 heterocycles. The van der Waals surface area contributed by atoms with E-state index in [1.165, 1.54) is 0 Å². The Hall–Kier alpha value is -1.10. The number of rotatable bonds is 7. The van der Waals surface area contributed by atoms with Crippen LogP contribution in [0.3, 0.4) is 0 Å². The van der Waals surface area contributed by atoms with E-state index in [-0.39, 0.29) is 11.8 Å². The lowest BCUT2D eigenvalue weighted by Crippen LogP contribution is -2.43. The van der Waals surface area contributed by atoms with Crippen LogP contribution in [0.15, 0.2) is 0 Å². The summed E-state index contributed by atoms with van der Waals surface area (Å²) in [6, 6.07) is -0.758. The number of aliphatic carboxylic acids is 1. The molecule has 0 radical (unpaired) electrons. The average Bonchev–Trinajstić information content (AvgIpc) is 2.32. The zero-order valence-electron chi connectivity index (χ0n) is 11.0. The highest BCUT2D eigenvalue weighted by molar-refractivity contribution is 5.81. The van der Waals surface area contributed by atoms with Gasteiger partial charge in [-0.2, -0.15) is 0 Å². The second-order valence-corrected chi connectivity index (χ2v) is 4.49. The first kappa shape index (κ1) is 15.9. The van der Waals surface area contributed by atoms with Crippen LogP contribution in [0.5, 0.6) is 0 Å². The molecule has 5 nitrogen and oxygen atoms in total. The lowest BCUT2D eigenvalue weighted by molar-refractivity contribution is -0.169. The van der Waals surface area contributed by atoms with Gasteiger partial charge in [0.15, 0.2) is 0 Å². The molecule has 0 rings (SSSR count). The van der Waals surface area contributed by atoms with Gasteiger partial charge in [0.2, 0.25) is 6.10 Å². The molecule has 0 aromatic rings. The minimum Gasteiger partial charge on any atom is -0.478 e. The van der Waals surface area contributed by atoms with Crippen LogP contribution in [0.1, 0.15) is 40.5 Å². The predicted octanol–water partition coefficient (Wildman–Crippen LogP) is 1.40. The second-order valence-electron chi connectivity index (χ2n) is 4.49. The van der Waals surface area contributed by atoms with E-state index in [2.05, 4.69) is 0 Å². The van der Waals surface area contributed by atoms with Gasteiger partial charge >= 0.3 is 11.9 Å². The molecule has 4 atom stereocenters. The molecule has 100 valence electrons. The summed E-state index contributed by atoms with van der Waals surface area (Å²) in [6.45, 7) is 7.34. The maximum Gasteiger partial charge on any atom is 0.345 e. The first-order valence-corrected chi connectivity index (χ1v) is 6.03. The monoisotopic (exact) mass is 245 g/mol. The smallest absolute Gasteiger partial charge is 0.345 e. The molecule has 0 aromatic carbocycles. The van der Waals surface area contributed by atoms with Crippen LogP contribution in [0.4, 0.5) is 0 Å². The maximum absolute atomic E-state index is 11.7. The van der Waals surface area contributed by atoms with Crippen molar-refractivity contribution >= 4 is 11.9 Å². The number of nitrogens with two attached hydrogens (primary N) is 1. The fourth-order valence-corrected chi connectivity index (χ4v) is 1.31. The largest absolute Gasteiger partial charge is 0.478 e. The van der Waals surface area contributed by atoms with Crippen molar-refractivity contribution in [2.24, 2.45) is 17.6 Å². The number of carbonyl (C=O) groups excluding carboxylic acids is 1. The number of esters is 1. The Morgan fingerprint density at radius 3 is 2.00 bits per heavy atom. The average molecular weight is 245 g/mol. The molecule has 0 amide bonds. The fraction of sp³-hybridized carbons (Fsp3) is 0.833. The van der Waals surface area contributed by atoms with Crippen LogP contribution in [-0.2, 0) is 14.3 Å². The fourth-order valence-electron chi connectivity index (χ4n) is 1.31. The van der Waals surface area contributed by atoms with Crippen molar-refractivity contribution in [1.29, 1.82) is 0 Å². The highest BCUT2D eigenvalue weighted by atomic mass is 16.6. The van der Waals surface area contributed by atoms with E-state index in [4.69, 9.17) is 15.6 Å². The normalized spacial score (nSPS) is 17.9. The standard InChI is InChI=1S/C12H23NO4/c1-5-7(3)9(13)12(16)17-10(11(14)15)8(4)6-2/h7-10H,5-6,13H2,1-4H3,(H,14,15)/t7-,8?,9-,10?/m0/s1. The van der Waals surface area contributed by atoms with E-state index in [1.54, 1.807) is 6.92 Å².